The lowest BCUT2D eigenvalue weighted by atomic mass is 10.2. The Morgan fingerprint density at radius 1 is 1.26 bits per heavy atom. The zero-order valence-corrected chi connectivity index (χ0v) is 10.3. The van der Waals surface area contributed by atoms with Crippen LogP contribution in [0.3, 0.4) is 0 Å². The molecule has 1 heterocycles. The first kappa shape index (κ1) is 13.0. The molecule has 19 heavy (non-hydrogen) atoms. The molecule has 0 N–H and O–H groups in total. The fourth-order valence-corrected chi connectivity index (χ4v) is 1.49. The number of nitro groups is 1. The van der Waals surface area contributed by atoms with Gasteiger partial charge >= 0.3 is 0 Å². The Kier molecular flexibility index (Phi) is 4.04. The van der Waals surface area contributed by atoms with E-state index < -0.39 is 4.92 Å². The van der Waals surface area contributed by atoms with Crippen LogP contribution >= 0.6 is 11.6 Å². The summed E-state index contributed by atoms with van der Waals surface area (Å²) in [6, 6.07) is 7.84. The van der Waals surface area contributed by atoms with E-state index in [0.717, 1.165) is 0 Å². The van der Waals surface area contributed by atoms with Gasteiger partial charge in [0.1, 0.15) is 10.8 Å². The van der Waals surface area contributed by atoms with Crippen LogP contribution in [0.5, 0.6) is 0 Å². The fourth-order valence-electron chi connectivity index (χ4n) is 1.30. The first-order chi connectivity index (χ1) is 9.16. The Labute approximate surface area is 113 Å². The van der Waals surface area contributed by atoms with Crippen molar-refractivity contribution in [2.24, 2.45) is 10.2 Å². The summed E-state index contributed by atoms with van der Waals surface area (Å²) in [4.78, 5) is 10.1. The third kappa shape index (κ3) is 3.49. The maximum atomic E-state index is 10.7. The summed E-state index contributed by atoms with van der Waals surface area (Å²) in [6.07, 6.45) is 4.34. The fraction of sp³-hybridized carbons (Fsp3) is 0. The summed E-state index contributed by atoms with van der Waals surface area (Å²) in [6.45, 7) is 0. The van der Waals surface area contributed by atoms with E-state index in [-0.39, 0.29) is 10.7 Å². The van der Waals surface area contributed by atoms with Crippen molar-refractivity contribution in [1.29, 1.82) is 0 Å². The van der Waals surface area contributed by atoms with Crippen LogP contribution in [0.4, 0.5) is 5.69 Å². The van der Waals surface area contributed by atoms with Gasteiger partial charge in [-0.2, -0.15) is 10.2 Å². The number of hydrogen-bond donors (Lipinski definition) is 0. The van der Waals surface area contributed by atoms with Gasteiger partial charge in [-0.25, -0.2) is 0 Å². The van der Waals surface area contributed by atoms with Crippen molar-refractivity contribution in [2.45, 2.75) is 0 Å². The van der Waals surface area contributed by atoms with E-state index in [4.69, 9.17) is 16.0 Å². The van der Waals surface area contributed by atoms with Crippen molar-refractivity contribution in [1.82, 2.24) is 0 Å². The Hall–Kier alpha value is -2.47. The molecular formula is C12H8ClN3O3. The van der Waals surface area contributed by atoms with Gasteiger partial charge in [0.25, 0.3) is 5.69 Å². The maximum Gasteiger partial charge on any atom is 0.288 e. The molecule has 2 rings (SSSR count). The first-order valence-corrected chi connectivity index (χ1v) is 5.58. The Bertz CT molecular complexity index is 636. The van der Waals surface area contributed by atoms with E-state index in [1.165, 1.54) is 30.8 Å². The van der Waals surface area contributed by atoms with Crippen LogP contribution in [0.15, 0.2) is 51.2 Å². The minimum absolute atomic E-state index is 0.0845. The largest absolute Gasteiger partial charge is 0.463 e. The Morgan fingerprint density at radius 2 is 2.05 bits per heavy atom. The van der Waals surface area contributed by atoms with Crippen LogP contribution in [0.1, 0.15) is 11.3 Å². The molecule has 2 aromatic rings. The van der Waals surface area contributed by atoms with Crippen molar-refractivity contribution < 1.29 is 9.34 Å². The topological polar surface area (TPSA) is 81.0 Å². The monoisotopic (exact) mass is 277 g/mol. The Morgan fingerprint density at radius 3 is 2.74 bits per heavy atom. The van der Waals surface area contributed by atoms with Crippen LogP contribution in [0.25, 0.3) is 0 Å². The van der Waals surface area contributed by atoms with Gasteiger partial charge in [0.15, 0.2) is 0 Å². The van der Waals surface area contributed by atoms with Crippen molar-refractivity contribution in [2.75, 3.05) is 0 Å². The molecular weight excluding hydrogens is 270 g/mol. The standard InChI is InChI=1S/C12H8ClN3O3/c13-11-4-3-9(6-12(11)16(17)18)7-14-15-8-10-2-1-5-19-10/h1-8H/b14-7?,15-8+. The van der Waals surface area contributed by atoms with E-state index in [2.05, 4.69) is 10.2 Å². The Balaban J connectivity index is 2.11. The second-order valence-electron chi connectivity index (χ2n) is 3.47. The summed E-state index contributed by atoms with van der Waals surface area (Å²) in [5.74, 6) is 0.569. The molecule has 0 unspecified atom stereocenters. The second kappa shape index (κ2) is 5.92. The van der Waals surface area contributed by atoms with Crippen molar-refractivity contribution >= 4 is 29.7 Å². The van der Waals surface area contributed by atoms with Crippen LogP contribution in [0.2, 0.25) is 5.02 Å². The molecule has 0 saturated heterocycles. The SMILES string of the molecule is O=[N+]([O-])c1cc(C=N/N=C/c2ccco2)ccc1Cl. The number of nitrogens with zero attached hydrogens (tertiary/aromatic N) is 3. The van der Waals surface area contributed by atoms with E-state index in [1.807, 2.05) is 0 Å². The lowest BCUT2D eigenvalue weighted by Crippen LogP contribution is -1.91. The molecule has 0 saturated carbocycles. The predicted octanol–water partition coefficient (Wildman–Crippen LogP) is 3.29. The molecule has 1 aromatic heterocycles. The summed E-state index contributed by atoms with van der Waals surface area (Å²) in [5, 5.41) is 18.3. The van der Waals surface area contributed by atoms with Gasteiger partial charge in [0, 0.05) is 11.6 Å². The highest BCUT2D eigenvalue weighted by Crippen LogP contribution is 2.24. The molecule has 0 aliphatic heterocycles. The highest BCUT2D eigenvalue weighted by atomic mass is 35.5. The van der Waals surface area contributed by atoms with Crippen molar-refractivity contribution in [3.63, 3.8) is 0 Å². The lowest BCUT2D eigenvalue weighted by molar-refractivity contribution is -0.384. The van der Waals surface area contributed by atoms with Gasteiger partial charge in [-0.05, 0) is 18.2 Å². The van der Waals surface area contributed by atoms with Gasteiger partial charge in [-0.3, -0.25) is 10.1 Å². The van der Waals surface area contributed by atoms with Gasteiger partial charge in [-0.1, -0.05) is 17.7 Å². The minimum Gasteiger partial charge on any atom is -0.463 e. The number of nitro benzene ring substituents is 1. The highest BCUT2D eigenvalue weighted by molar-refractivity contribution is 6.32. The van der Waals surface area contributed by atoms with Gasteiger partial charge in [0.2, 0.25) is 0 Å². The molecule has 0 fully saturated rings. The molecule has 1 aromatic carbocycles. The third-order valence-electron chi connectivity index (χ3n) is 2.17. The van der Waals surface area contributed by atoms with Crippen LogP contribution < -0.4 is 0 Å². The summed E-state index contributed by atoms with van der Waals surface area (Å²) in [7, 11) is 0. The molecule has 0 bridgehead atoms. The third-order valence-corrected chi connectivity index (χ3v) is 2.49. The van der Waals surface area contributed by atoms with Crippen LogP contribution in [0, 0.1) is 10.1 Å². The molecule has 7 heteroatoms. The molecule has 0 radical (unpaired) electrons. The van der Waals surface area contributed by atoms with Gasteiger partial charge in [0.05, 0.1) is 23.6 Å². The normalized spacial score (nSPS) is 11.4. The molecule has 0 spiro atoms. The van der Waals surface area contributed by atoms with E-state index in [1.54, 1.807) is 18.2 Å². The number of halogens is 1. The van der Waals surface area contributed by atoms with Crippen LogP contribution in [-0.4, -0.2) is 17.4 Å². The molecule has 0 aliphatic rings. The molecule has 0 aliphatic carbocycles. The summed E-state index contributed by atoms with van der Waals surface area (Å²) < 4.78 is 5.02. The number of benzene rings is 1. The van der Waals surface area contributed by atoms with E-state index in [9.17, 15) is 10.1 Å². The number of furan rings is 1. The minimum atomic E-state index is -0.550. The quantitative estimate of drug-likeness (QED) is 0.488. The summed E-state index contributed by atoms with van der Waals surface area (Å²) >= 11 is 5.69. The predicted molar refractivity (Wildman–Crippen MR) is 72.0 cm³/mol. The zero-order chi connectivity index (χ0) is 13.7. The first-order valence-electron chi connectivity index (χ1n) is 5.20. The molecule has 96 valence electrons. The second-order valence-corrected chi connectivity index (χ2v) is 3.88. The summed E-state index contributed by atoms with van der Waals surface area (Å²) in [5.41, 5.74) is 0.369. The molecule has 0 atom stereocenters. The molecule has 6 nitrogen and oxygen atoms in total. The van der Waals surface area contributed by atoms with Gasteiger partial charge in [-0.15, -0.1) is 0 Å². The smallest absolute Gasteiger partial charge is 0.288 e. The maximum absolute atomic E-state index is 10.7. The van der Waals surface area contributed by atoms with Gasteiger partial charge < -0.3 is 4.42 Å². The average Bonchev–Trinajstić information content (AvgIpc) is 2.89. The molecule has 0 amide bonds. The average molecular weight is 278 g/mol. The van der Waals surface area contributed by atoms with Crippen molar-refractivity contribution in [3.8, 4) is 0 Å². The number of hydrogen-bond acceptors (Lipinski definition) is 5. The highest BCUT2D eigenvalue weighted by Gasteiger charge is 2.11. The zero-order valence-electron chi connectivity index (χ0n) is 9.56. The van der Waals surface area contributed by atoms with Crippen molar-refractivity contribution in [3.05, 3.63) is 63.1 Å². The lowest BCUT2D eigenvalue weighted by Gasteiger charge is -1.95. The van der Waals surface area contributed by atoms with E-state index in [0.29, 0.717) is 11.3 Å². The number of rotatable bonds is 4. The van der Waals surface area contributed by atoms with E-state index >= 15 is 0 Å². The van der Waals surface area contributed by atoms with Crippen LogP contribution in [-0.2, 0) is 0 Å².